The van der Waals surface area contributed by atoms with Crippen molar-refractivity contribution in [2.75, 3.05) is 5.32 Å². The lowest BCUT2D eigenvalue weighted by atomic mass is 10.1. The molecule has 31 heavy (non-hydrogen) atoms. The van der Waals surface area contributed by atoms with Gasteiger partial charge in [-0.3, -0.25) is 0 Å². The molecule has 0 amide bonds. The zero-order chi connectivity index (χ0) is 21.4. The second-order valence-electron chi connectivity index (χ2n) is 6.81. The number of aromatic nitrogens is 6. The summed E-state index contributed by atoms with van der Waals surface area (Å²) in [7, 11) is 0. The van der Waals surface area contributed by atoms with Crippen molar-refractivity contribution < 1.29 is 13.9 Å². The molecular weight excluding hydrogens is 404 g/mol. The van der Waals surface area contributed by atoms with E-state index in [-0.39, 0.29) is 23.1 Å². The topological polar surface area (TPSA) is 105 Å². The van der Waals surface area contributed by atoms with E-state index in [1.54, 1.807) is 17.1 Å². The van der Waals surface area contributed by atoms with E-state index < -0.39 is 11.6 Å². The van der Waals surface area contributed by atoms with Crippen LogP contribution in [0.2, 0.25) is 0 Å². The van der Waals surface area contributed by atoms with Crippen molar-refractivity contribution in [1.82, 2.24) is 29.9 Å². The average Bonchev–Trinajstić information content (AvgIpc) is 3.39. The molecule has 0 aliphatic rings. The molecule has 0 saturated carbocycles. The number of anilines is 2. The molecule has 5 rings (SSSR count). The van der Waals surface area contributed by atoms with Crippen LogP contribution in [0.1, 0.15) is 5.56 Å². The minimum Gasteiger partial charge on any atom is -0.494 e. The Labute approximate surface area is 174 Å². The molecule has 154 valence electrons. The van der Waals surface area contributed by atoms with Crippen LogP contribution in [-0.2, 0) is 6.54 Å². The van der Waals surface area contributed by atoms with E-state index in [0.29, 0.717) is 23.1 Å². The van der Waals surface area contributed by atoms with Gasteiger partial charge in [-0.2, -0.15) is 0 Å². The number of fused-ring (bicyclic) bond motifs is 1. The zero-order valence-corrected chi connectivity index (χ0v) is 15.9. The molecule has 0 unspecified atom stereocenters. The van der Waals surface area contributed by atoms with Crippen LogP contribution in [0.5, 0.6) is 5.88 Å². The summed E-state index contributed by atoms with van der Waals surface area (Å²) in [6, 6.07) is 11.0. The normalized spacial score (nSPS) is 11.2. The number of aromatic hydroxyl groups is 1. The Hall–Kier alpha value is -4.34. The van der Waals surface area contributed by atoms with Gasteiger partial charge in [-0.05, 0) is 29.8 Å². The zero-order valence-electron chi connectivity index (χ0n) is 15.9. The maximum Gasteiger partial charge on any atom is 0.201 e. The van der Waals surface area contributed by atoms with E-state index in [9.17, 15) is 13.9 Å². The maximum absolute atomic E-state index is 14.3. The van der Waals surface area contributed by atoms with Gasteiger partial charge in [-0.15, -0.1) is 5.10 Å². The second kappa shape index (κ2) is 7.48. The minimum absolute atomic E-state index is 0.132. The van der Waals surface area contributed by atoms with Crippen molar-refractivity contribution >= 4 is 22.4 Å². The first-order chi connectivity index (χ1) is 15.1. The third kappa shape index (κ3) is 3.54. The van der Waals surface area contributed by atoms with Gasteiger partial charge in [-0.1, -0.05) is 23.4 Å². The van der Waals surface area contributed by atoms with Gasteiger partial charge in [-0.25, -0.2) is 23.4 Å². The second-order valence-corrected chi connectivity index (χ2v) is 6.81. The highest BCUT2D eigenvalue weighted by molar-refractivity contribution is 5.96. The summed E-state index contributed by atoms with van der Waals surface area (Å²) in [5, 5.41) is 21.3. The molecule has 5 aromatic rings. The van der Waals surface area contributed by atoms with Crippen molar-refractivity contribution in [3.63, 3.8) is 0 Å². The van der Waals surface area contributed by atoms with Crippen molar-refractivity contribution in [3.8, 4) is 17.3 Å². The fourth-order valence-electron chi connectivity index (χ4n) is 3.27. The Bertz CT molecular complexity index is 1340. The van der Waals surface area contributed by atoms with E-state index in [1.807, 2.05) is 24.3 Å². The summed E-state index contributed by atoms with van der Waals surface area (Å²) in [6.45, 7) is 0.563. The summed E-state index contributed by atoms with van der Waals surface area (Å²) in [4.78, 5) is 11.2. The summed E-state index contributed by atoms with van der Waals surface area (Å²) >= 11 is 0. The molecule has 0 aliphatic heterocycles. The maximum atomic E-state index is 14.3. The Kier molecular flexibility index (Phi) is 4.51. The lowest BCUT2D eigenvalue weighted by Crippen LogP contribution is -2.02. The van der Waals surface area contributed by atoms with Crippen LogP contribution in [0.4, 0.5) is 20.3 Å². The number of nitrogens with one attached hydrogen (secondary N) is 2. The Morgan fingerprint density at radius 2 is 1.81 bits per heavy atom. The first-order valence-corrected chi connectivity index (χ1v) is 9.31. The van der Waals surface area contributed by atoms with Crippen LogP contribution in [-0.4, -0.2) is 35.1 Å². The molecule has 3 aromatic heterocycles. The van der Waals surface area contributed by atoms with Crippen molar-refractivity contribution in [2.24, 2.45) is 0 Å². The Morgan fingerprint density at radius 3 is 2.52 bits per heavy atom. The molecule has 0 saturated heterocycles. The van der Waals surface area contributed by atoms with Gasteiger partial charge in [0.25, 0.3) is 0 Å². The first kappa shape index (κ1) is 18.7. The molecule has 0 radical (unpaired) electrons. The summed E-state index contributed by atoms with van der Waals surface area (Å²) < 4.78 is 30.3. The predicted molar refractivity (Wildman–Crippen MR) is 110 cm³/mol. The monoisotopic (exact) mass is 419 g/mol. The molecule has 0 bridgehead atoms. The highest BCUT2D eigenvalue weighted by Crippen LogP contribution is 2.34. The number of aromatic amines is 1. The van der Waals surface area contributed by atoms with Crippen LogP contribution in [0.3, 0.4) is 0 Å². The first-order valence-electron chi connectivity index (χ1n) is 9.31. The summed E-state index contributed by atoms with van der Waals surface area (Å²) in [6.07, 6.45) is 4.82. The molecule has 3 N–H and O–H groups in total. The van der Waals surface area contributed by atoms with Gasteiger partial charge in [0.1, 0.15) is 22.8 Å². The molecule has 10 heteroatoms. The van der Waals surface area contributed by atoms with Crippen LogP contribution in [0.15, 0.2) is 61.1 Å². The van der Waals surface area contributed by atoms with Gasteiger partial charge >= 0.3 is 0 Å². The van der Waals surface area contributed by atoms with E-state index in [4.69, 9.17) is 0 Å². The van der Waals surface area contributed by atoms with Crippen LogP contribution in [0.25, 0.3) is 22.3 Å². The third-order valence-electron chi connectivity index (χ3n) is 4.74. The molecule has 0 atom stereocenters. The number of benzene rings is 2. The number of hydrogen-bond acceptors (Lipinski definition) is 6. The van der Waals surface area contributed by atoms with Gasteiger partial charge in [0.15, 0.2) is 5.82 Å². The van der Waals surface area contributed by atoms with Crippen LogP contribution < -0.4 is 5.32 Å². The minimum atomic E-state index is -0.775. The smallest absolute Gasteiger partial charge is 0.201 e. The largest absolute Gasteiger partial charge is 0.494 e. The fourth-order valence-corrected chi connectivity index (χ4v) is 3.27. The van der Waals surface area contributed by atoms with E-state index in [2.05, 4.69) is 30.6 Å². The molecule has 0 aliphatic carbocycles. The fraction of sp³-hybridized carbons (Fsp3) is 0.0476. The lowest BCUT2D eigenvalue weighted by molar-refractivity contribution is 0.463. The average molecular weight is 419 g/mol. The van der Waals surface area contributed by atoms with Crippen molar-refractivity contribution in [2.45, 2.75) is 6.54 Å². The third-order valence-corrected chi connectivity index (χ3v) is 4.74. The number of halogens is 2. The number of nitrogens with zero attached hydrogens (tertiary/aromatic N) is 5. The van der Waals surface area contributed by atoms with Crippen LogP contribution >= 0.6 is 0 Å². The summed E-state index contributed by atoms with van der Waals surface area (Å²) in [5.41, 5.74) is 1.65. The molecule has 0 fully saturated rings. The number of rotatable bonds is 5. The Morgan fingerprint density at radius 1 is 1.03 bits per heavy atom. The van der Waals surface area contributed by atoms with Gasteiger partial charge < -0.3 is 15.4 Å². The number of hydrogen-bond donors (Lipinski definition) is 3. The van der Waals surface area contributed by atoms with Gasteiger partial charge in [0.2, 0.25) is 5.88 Å². The van der Waals surface area contributed by atoms with Crippen LogP contribution in [0, 0.1) is 11.6 Å². The Balaban J connectivity index is 1.52. The highest BCUT2D eigenvalue weighted by Gasteiger charge is 2.19. The quantitative estimate of drug-likeness (QED) is 0.398. The van der Waals surface area contributed by atoms with Gasteiger partial charge in [0.05, 0.1) is 23.8 Å². The SMILES string of the molecule is Oc1[nH]cc2nc(-c3c(F)cccc3F)nc(Nc3ccc(Cn4ccnn4)cc3)c12. The van der Waals surface area contributed by atoms with Crippen molar-refractivity contribution in [3.05, 3.63) is 78.3 Å². The van der Waals surface area contributed by atoms with E-state index in [1.165, 1.54) is 12.3 Å². The van der Waals surface area contributed by atoms with E-state index >= 15 is 0 Å². The molecule has 8 nitrogen and oxygen atoms in total. The molecule has 0 spiro atoms. The molecular formula is C21H15F2N7O. The standard InChI is InChI=1S/C21H15F2N7O/c22-14-2-1-3-15(23)17(14)19-27-16-10-24-21(31)18(16)20(28-19)26-13-6-4-12(5-7-13)11-30-9-8-25-29-30/h1-10,24,31H,11H2,(H,26,27,28). The molecule has 2 aromatic carbocycles. The van der Waals surface area contributed by atoms with Gasteiger partial charge in [0, 0.05) is 18.1 Å². The van der Waals surface area contributed by atoms with Crippen molar-refractivity contribution in [1.29, 1.82) is 0 Å². The number of H-pyrrole nitrogens is 1. The van der Waals surface area contributed by atoms with E-state index in [0.717, 1.165) is 17.7 Å². The predicted octanol–water partition coefficient (Wildman–Crippen LogP) is 3.99. The highest BCUT2D eigenvalue weighted by atomic mass is 19.1. The summed E-state index contributed by atoms with van der Waals surface area (Å²) in [5.74, 6) is -1.62. The molecule has 3 heterocycles. The lowest BCUT2D eigenvalue weighted by Gasteiger charge is -2.11.